The summed E-state index contributed by atoms with van der Waals surface area (Å²) in [5, 5.41) is 6.82. The summed E-state index contributed by atoms with van der Waals surface area (Å²) in [4.78, 5) is 13.7. The Balaban J connectivity index is 2.12. The molecule has 1 aliphatic rings. The highest BCUT2D eigenvalue weighted by molar-refractivity contribution is 9.10. The summed E-state index contributed by atoms with van der Waals surface area (Å²) >= 11 is 3.37. The summed E-state index contributed by atoms with van der Waals surface area (Å²) < 4.78 is -0.482. The number of aromatic nitrogens is 2. The number of H-pyrrole nitrogens is 1. The van der Waals surface area contributed by atoms with E-state index in [0.29, 0.717) is 13.1 Å². The highest BCUT2D eigenvalue weighted by Gasteiger charge is 2.33. The van der Waals surface area contributed by atoms with Crippen molar-refractivity contribution in [1.82, 2.24) is 15.1 Å². The van der Waals surface area contributed by atoms with Gasteiger partial charge in [0, 0.05) is 12.1 Å². The van der Waals surface area contributed by atoms with Crippen LogP contribution in [0.2, 0.25) is 0 Å². The maximum Gasteiger partial charge on any atom is 0.239 e. The first kappa shape index (κ1) is 9.71. The Hall–Kier alpha value is -0.840. The highest BCUT2D eigenvalue weighted by atomic mass is 79.9. The van der Waals surface area contributed by atoms with Gasteiger partial charge in [-0.15, -0.1) is 0 Å². The quantitative estimate of drug-likeness (QED) is 0.774. The van der Waals surface area contributed by atoms with E-state index in [-0.39, 0.29) is 5.91 Å². The molecule has 0 radical (unpaired) electrons. The SMILES string of the molecule is CC(C)(Br)C(=O)N1Cc2cn[nH]c2C1. The molecule has 2 heterocycles. The Morgan fingerprint density at radius 1 is 1.64 bits per heavy atom. The molecule has 14 heavy (non-hydrogen) atoms. The van der Waals surface area contributed by atoms with Crippen molar-refractivity contribution in [3.8, 4) is 0 Å². The second-order valence-corrected chi connectivity index (χ2v) is 5.99. The zero-order valence-electron chi connectivity index (χ0n) is 8.17. The molecule has 0 fully saturated rings. The fourth-order valence-electron chi connectivity index (χ4n) is 1.58. The van der Waals surface area contributed by atoms with Crippen LogP contribution in [0.1, 0.15) is 25.1 Å². The molecular formula is C9H12BrN3O. The van der Waals surface area contributed by atoms with Gasteiger partial charge >= 0.3 is 0 Å². The lowest BCUT2D eigenvalue weighted by Gasteiger charge is -2.23. The molecule has 0 unspecified atom stereocenters. The minimum Gasteiger partial charge on any atom is -0.331 e. The standard InChI is InChI=1S/C9H12BrN3O/c1-9(2,10)8(14)13-4-6-3-11-12-7(6)5-13/h3H,4-5H2,1-2H3,(H,11,12). The van der Waals surface area contributed by atoms with Gasteiger partial charge < -0.3 is 4.90 Å². The number of alkyl halides is 1. The number of fused-ring (bicyclic) bond motifs is 1. The largest absolute Gasteiger partial charge is 0.331 e. The molecule has 0 aliphatic carbocycles. The van der Waals surface area contributed by atoms with Crippen LogP contribution >= 0.6 is 15.9 Å². The number of halogens is 1. The highest BCUT2D eigenvalue weighted by Crippen LogP contribution is 2.26. The Bertz CT molecular complexity index is 346. The summed E-state index contributed by atoms with van der Waals surface area (Å²) in [6.07, 6.45) is 1.78. The minimum atomic E-state index is -0.482. The number of nitrogens with one attached hydrogen (secondary N) is 1. The zero-order valence-corrected chi connectivity index (χ0v) is 9.76. The van der Waals surface area contributed by atoms with E-state index in [1.165, 1.54) is 0 Å². The molecule has 76 valence electrons. The first-order valence-electron chi connectivity index (χ1n) is 4.48. The van der Waals surface area contributed by atoms with Crippen molar-refractivity contribution >= 4 is 21.8 Å². The van der Waals surface area contributed by atoms with Crippen molar-refractivity contribution in [2.45, 2.75) is 31.3 Å². The van der Waals surface area contributed by atoms with E-state index in [1.807, 2.05) is 18.7 Å². The monoisotopic (exact) mass is 257 g/mol. The number of hydrogen-bond donors (Lipinski definition) is 1. The first-order valence-corrected chi connectivity index (χ1v) is 5.27. The van der Waals surface area contributed by atoms with E-state index in [0.717, 1.165) is 11.3 Å². The van der Waals surface area contributed by atoms with E-state index in [1.54, 1.807) is 6.20 Å². The summed E-state index contributed by atoms with van der Waals surface area (Å²) in [6.45, 7) is 5.03. The molecule has 2 rings (SSSR count). The fourth-order valence-corrected chi connectivity index (χ4v) is 1.83. The van der Waals surface area contributed by atoms with E-state index < -0.39 is 4.32 Å². The van der Waals surface area contributed by atoms with Crippen molar-refractivity contribution in [2.75, 3.05) is 0 Å². The van der Waals surface area contributed by atoms with Crippen molar-refractivity contribution in [2.24, 2.45) is 0 Å². The van der Waals surface area contributed by atoms with Gasteiger partial charge in [-0.1, -0.05) is 15.9 Å². The van der Waals surface area contributed by atoms with Crippen LogP contribution in [0.3, 0.4) is 0 Å². The van der Waals surface area contributed by atoms with Gasteiger partial charge in [-0.3, -0.25) is 9.89 Å². The number of carbonyl (C=O) groups is 1. The molecule has 4 nitrogen and oxygen atoms in total. The number of rotatable bonds is 1. The Kier molecular flexibility index (Phi) is 2.14. The van der Waals surface area contributed by atoms with Gasteiger partial charge in [0.05, 0.1) is 22.8 Å². The van der Waals surface area contributed by atoms with Crippen LogP contribution in [0, 0.1) is 0 Å². The molecule has 0 aromatic carbocycles. The predicted molar refractivity (Wildman–Crippen MR) is 55.8 cm³/mol. The van der Waals surface area contributed by atoms with Crippen LogP contribution in [0.5, 0.6) is 0 Å². The van der Waals surface area contributed by atoms with Crippen molar-refractivity contribution in [3.63, 3.8) is 0 Å². The third kappa shape index (κ3) is 1.56. The molecule has 1 amide bonds. The average Bonchev–Trinajstić information content (AvgIpc) is 2.58. The van der Waals surface area contributed by atoms with Gasteiger partial charge in [-0.2, -0.15) is 5.10 Å². The molecule has 0 saturated carbocycles. The number of hydrogen-bond acceptors (Lipinski definition) is 2. The fraction of sp³-hybridized carbons (Fsp3) is 0.556. The van der Waals surface area contributed by atoms with Gasteiger partial charge in [-0.25, -0.2) is 0 Å². The smallest absolute Gasteiger partial charge is 0.239 e. The van der Waals surface area contributed by atoms with Gasteiger partial charge in [0.2, 0.25) is 5.91 Å². The van der Waals surface area contributed by atoms with Crippen molar-refractivity contribution in [1.29, 1.82) is 0 Å². The zero-order chi connectivity index (χ0) is 10.3. The molecule has 0 bridgehead atoms. The van der Waals surface area contributed by atoms with Gasteiger partial charge in [0.25, 0.3) is 0 Å². The summed E-state index contributed by atoms with van der Waals surface area (Å²) in [7, 11) is 0. The Morgan fingerprint density at radius 2 is 2.36 bits per heavy atom. The maximum atomic E-state index is 11.9. The number of amides is 1. The van der Waals surface area contributed by atoms with Crippen molar-refractivity contribution in [3.05, 3.63) is 17.5 Å². The van der Waals surface area contributed by atoms with Gasteiger partial charge in [0.1, 0.15) is 0 Å². The second-order valence-electron chi connectivity index (χ2n) is 4.01. The summed E-state index contributed by atoms with van der Waals surface area (Å²) in [5.41, 5.74) is 2.17. The molecule has 1 N–H and O–H groups in total. The lowest BCUT2D eigenvalue weighted by atomic mass is 10.2. The van der Waals surface area contributed by atoms with Crippen LogP contribution in [-0.2, 0) is 17.9 Å². The Labute approximate surface area is 90.8 Å². The van der Waals surface area contributed by atoms with Crippen LogP contribution in [0.4, 0.5) is 0 Å². The van der Waals surface area contributed by atoms with E-state index in [9.17, 15) is 4.79 Å². The number of carbonyl (C=O) groups excluding carboxylic acids is 1. The maximum absolute atomic E-state index is 11.9. The molecule has 0 atom stereocenters. The third-order valence-electron chi connectivity index (χ3n) is 2.31. The molecule has 1 aromatic heterocycles. The molecule has 1 aliphatic heterocycles. The van der Waals surface area contributed by atoms with Crippen LogP contribution in [0.25, 0.3) is 0 Å². The van der Waals surface area contributed by atoms with Crippen LogP contribution in [0.15, 0.2) is 6.20 Å². The van der Waals surface area contributed by atoms with Gasteiger partial charge in [-0.05, 0) is 13.8 Å². The molecule has 1 aromatic rings. The molecular weight excluding hydrogens is 246 g/mol. The molecule has 0 spiro atoms. The van der Waals surface area contributed by atoms with Crippen LogP contribution in [-0.4, -0.2) is 25.3 Å². The number of nitrogens with zero attached hydrogens (tertiary/aromatic N) is 2. The molecule has 0 saturated heterocycles. The van der Waals surface area contributed by atoms with E-state index in [4.69, 9.17) is 0 Å². The first-order chi connectivity index (χ1) is 6.48. The Morgan fingerprint density at radius 3 is 2.93 bits per heavy atom. The third-order valence-corrected chi connectivity index (χ3v) is 2.65. The number of aromatic amines is 1. The lowest BCUT2D eigenvalue weighted by molar-refractivity contribution is -0.133. The second kappa shape index (κ2) is 3.08. The summed E-state index contributed by atoms with van der Waals surface area (Å²) in [6, 6.07) is 0. The summed E-state index contributed by atoms with van der Waals surface area (Å²) in [5.74, 6) is 0.113. The van der Waals surface area contributed by atoms with Gasteiger partial charge in [0.15, 0.2) is 0 Å². The molecule has 5 heteroatoms. The van der Waals surface area contributed by atoms with Crippen molar-refractivity contribution < 1.29 is 4.79 Å². The van der Waals surface area contributed by atoms with E-state index >= 15 is 0 Å². The predicted octanol–water partition coefficient (Wildman–Crippen LogP) is 1.43. The normalized spacial score (nSPS) is 15.8. The minimum absolute atomic E-state index is 0.113. The van der Waals surface area contributed by atoms with E-state index in [2.05, 4.69) is 26.1 Å². The lowest BCUT2D eigenvalue weighted by Crippen LogP contribution is -2.38. The van der Waals surface area contributed by atoms with Crippen LogP contribution < -0.4 is 0 Å². The topological polar surface area (TPSA) is 49.0 Å². The average molecular weight is 258 g/mol.